The third kappa shape index (κ3) is 2.47. The summed E-state index contributed by atoms with van der Waals surface area (Å²) in [6, 6.07) is 6.25. The van der Waals surface area contributed by atoms with E-state index in [0.717, 1.165) is 30.0 Å². The summed E-state index contributed by atoms with van der Waals surface area (Å²) in [6.45, 7) is 4.11. The van der Waals surface area contributed by atoms with E-state index in [2.05, 4.69) is 29.0 Å². The number of ether oxygens (including phenoxy) is 1. The first kappa shape index (κ1) is 12.5. The van der Waals surface area contributed by atoms with Crippen molar-refractivity contribution in [3.8, 4) is 5.75 Å². The van der Waals surface area contributed by atoms with Crippen LogP contribution in [0.5, 0.6) is 5.75 Å². The highest BCUT2D eigenvalue weighted by molar-refractivity contribution is 5.39. The molecule has 0 spiro atoms. The summed E-state index contributed by atoms with van der Waals surface area (Å²) in [6.07, 6.45) is 1.75. The molecule has 2 aromatic rings. The fraction of sp³-hybridized carbons (Fsp3) is 0.357. The molecule has 0 aliphatic rings. The van der Waals surface area contributed by atoms with Crippen LogP contribution in [0.15, 0.2) is 18.2 Å². The van der Waals surface area contributed by atoms with Crippen LogP contribution in [0.25, 0.3) is 0 Å². The van der Waals surface area contributed by atoms with Crippen molar-refractivity contribution >= 4 is 5.95 Å². The smallest absolute Gasteiger partial charge is 0.197 e. The van der Waals surface area contributed by atoms with Gasteiger partial charge in [-0.1, -0.05) is 19.1 Å². The molecule has 3 N–H and O–H groups in total. The number of H-pyrrole nitrogens is 1. The molecule has 1 aromatic carbocycles. The molecule has 4 heteroatoms. The minimum absolute atomic E-state index is 0.478. The topological polar surface area (TPSA) is 63.9 Å². The van der Waals surface area contributed by atoms with Gasteiger partial charge >= 0.3 is 0 Å². The van der Waals surface area contributed by atoms with Crippen LogP contribution < -0.4 is 10.5 Å². The summed E-state index contributed by atoms with van der Waals surface area (Å²) in [5, 5.41) is 0. The molecule has 0 radical (unpaired) electrons. The molecular formula is C14H19N3O. The SMILES string of the molecule is CCc1cc(Cc2nc(N)[nH]c2C)ccc1OC. The maximum Gasteiger partial charge on any atom is 0.197 e. The largest absolute Gasteiger partial charge is 0.496 e. The Kier molecular flexibility index (Phi) is 3.55. The molecule has 0 saturated heterocycles. The predicted molar refractivity (Wildman–Crippen MR) is 72.9 cm³/mol. The summed E-state index contributed by atoms with van der Waals surface area (Å²) < 4.78 is 5.33. The summed E-state index contributed by atoms with van der Waals surface area (Å²) in [7, 11) is 1.70. The van der Waals surface area contributed by atoms with Gasteiger partial charge in [0.15, 0.2) is 5.95 Å². The number of methoxy groups -OCH3 is 1. The van der Waals surface area contributed by atoms with E-state index in [1.54, 1.807) is 7.11 Å². The molecule has 96 valence electrons. The number of aromatic amines is 1. The first-order valence-electron chi connectivity index (χ1n) is 6.10. The van der Waals surface area contributed by atoms with Crippen LogP contribution in [0.3, 0.4) is 0 Å². The number of nitrogens with two attached hydrogens (primary N) is 1. The van der Waals surface area contributed by atoms with E-state index < -0.39 is 0 Å². The van der Waals surface area contributed by atoms with Crippen molar-refractivity contribution in [2.75, 3.05) is 12.8 Å². The summed E-state index contributed by atoms with van der Waals surface area (Å²) in [4.78, 5) is 7.32. The number of nitrogen functional groups attached to an aromatic ring is 1. The van der Waals surface area contributed by atoms with Crippen molar-refractivity contribution in [2.24, 2.45) is 0 Å². The fourth-order valence-corrected chi connectivity index (χ4v) is 2.11. The third-order valence-corrected chi connectivity index (χ3v) is 3.10. The lowest BCUT2D eigenvalue weighted by molar-refractivity contribution is 0.410. The predicted octanol–water partition coefficient (Wildman–Crippen LogP) is 2.46. The van der Waals surface area contributed by atoms with Crippen molar-refractivity contribution in [3.63, 3.8) is 0 Å². The first-order chi connectivity index (χ1) is 8.63. The van der Waals surface area contributed by atoms with E-state index in [1.807, 2.05) is 13.0 Å². The second-order valence-corrected chi connectivity index (χ2v) is 4.37. The van der Waals surface area contributed by atoms with Gasteiger partial charge in [0.25, 0.3) is 0 Å². The Morgan fingerprint density at radius 3 is 2.72 bits per heavy atom. The zero-order valence-electron chi connectivity index (χ0n) is 11.1. The number of imidazole rings is 1. The zero-order chi connectivity index (χ0) is 13.1. The van der Waals surface area contributed by atoms with E-state index in [-0.39, 0.29) is 0 Å². The van der Waals surface area contributed by atoms with Crippen LogP contribution >= 0.6 is 0 Å². The molecule has 0 fully saturated rings. The normalized spacial score (nSPS) is 10.6. The molecule has 0 unspecified atom stereocenters. The molecule has 2 rings (SSSR count). The number of rotatable bonds is 4. The third-order valence-electron chi connectivity index (χ3n) is 3.10. The lowest BCUT2D eigenvalue weighted by Crippen LogP contribution is -1.96. The Morgan fingerprint density at radius 1 is 1.39 bits per heavy atom. The standard InChI is InChI=1S/C14H19N3O/c1-4-11-7-10(5-6-13(11)18-3)8-12-9(2)16-14(15)17-12/h5-7H,4,8H2,1-3H3,(H3,15,16,17). The van der Waals surface area contributed by atoms with Crippen LogP contribution in [-0.2, 0) is 12.8 Å². The molecule has 1 aromatic heterocycles. The van der Waals surface area contributed by atoms with Crippen LogP contribution in [0.1, 0.15) is 29.4 Å². The number of benzene rings is 1. The van der Waals surface area contributed by atoms with Crippen LogP contribution in [0, 0.1) is 6.92 Å². The molecule has 0 amide bonds. The highest BCUT2D eigenvalue weighted by atomic mass is 16.5. The number of nitrogens with one attached hydrogen (secondary N) is 1. The van der Waals surface area contributed by atoms with Gasteiger partial charge < -0.3 is 15.5 Å². The molecule has 18 heavy (non-hydrogen) atoms. The summed E-state index contributed by atoms with van der Waals surface area (Å²) >= 11 is 0. The van der Waals surface area contributed by atoms with Crippen molar-refractivity contribution in [2.45, 2.75) is 26.7 Å². The van der Waals surface area contributed by atoms with Gasteiger partial charge in [0.2, 0.25) is 0 Å². The van der Waals surface area contributed by atoms with Gasteiger partial charge in [-0.15, -0.1) is 0 Å². The summed E-state index contributed by atoms with van der Waals surface area (Å²) in [5.74, 6) is 1.42. The molecule has 0 bridgehead atoms. The molecule has 1 heterocycles. The fourth-order valence-electron chi connectivity index (χ4n) is 2.11. The maximum atomic E-state index is 5.65. The average Bonchev–Trinajstić information content (AvgIpc) is 2.67. The van der Waals surface area contributed by atoms with E-state index in [1.165, 1.54) is 11.1 Å². The van der Waals surface area contributed by atoms with Gasteiger partial charge in [-0.25, -0.2) is 4.98 Å². The van der Waals surface area contributed by atoms with E-state index >= 15 is 0 Å². The second-order valence-electron chi connectivity index (χ2n) is 4.37. The molecule has 0 atom stereocenters. The van der Waals surface area contributed by atoms with E-state index in [0.29, 0.717) is 5.95 Å². The van der Waals surface area contributed by atoms with Crippen LogP contribution in [-0.4, -0.2) is 17.1 Å². The van der Waals surface area contributed by atoms with Gasteiger partial charge in [0.05, 0.1) is 12.8 Å². The molecule has 0 aliphatic carbocycles. The monoisotopic (exact) mass is 245 g/mol. The van der Waals surface area contributed by atoms with Gasteiger partial charge in [-0.3, -0.25) is 0 Å². The molecule has 4 nitrogen and oxygen atoms in total. The van der Waals surface area contributed by atoms with Gasteiger partial charge in [-0.2, -0.15) is 0 Å². The number of aromatic nitrogens is 2. The Labute approximate surface area is 107 Å². The molecular weight excluding hydrogens is 226 g/mol. The lowest BCUT2D eigenvalue weighted by atomic mass is 10.0. The number of anilines is 1. The van der Waals surface area contributed by atoms with E-state index in [9.17, 15) is 0 Å². The summed E-state index contributed by atoms with van der Waals surface area (Å²) in [5.41, 5.74) is 10.1. The highest BCUT2D eigenvalue weighted by Crippen LogP contribution is 2.22. The van der Waals surface area contributed by atoms with Crippen molar-refractivity contribution in [3.05, 3.63) is 40.7 Å². The van der Waals surface area contributed by atoms with Gasteiger partial charge in [-0.05, 0) is 30.5 Å². The van der Waals surface area contributed by atoms with Crippen molar-refractivity contribution < 1.29 is 4.74 Å². The number of nitrogens with zero attached hydrogens (tertiary/aromatic N) is 1. The number of hydrogen-bond donors (Lipinski definition) is 2. The quantitative estimate of drug-likeness (QED) is 0.869. The van der Waals surface area contributed by atoms with E-state index in [4.69, 9.17) is 10.5 Å². The minimum Gasteiger partial charge on any atom is -0.496 e. The Balaban J connectivity index is 2.27. The first-order valence-corrected chi connectivity index (χ1v) is 6.10. The highest BCUT2D eigenvalue weighted by Gasteiger charge is 2.08. The molecule has 0 aliphatic heterocycles. The Bertz CT molecular complexity index is 546. The lowest BCUT2D eigenvalue weighted by Gasteiger charge is -2.08. The number of aryl methyl sites for hydroxylation is 2. The average molecular weight is 245 g/mol. The Morgan fingerprint density at radius 2 is 2.17 bits per heavy atom. The second kappa shape index (κ2) is 5.12. The van der Waals surface area contributed by atoms with Crippen molar-refractivity contribution in [1.82, 2.24) is 9.97 Å². The maximum absolute atomic E-state index is 5.65. The van der Waals surface area contributed by atoms with Gasteiger partial charge in [0, 0.05) is 12.1 Å². The Hall–Kier alpha value is -1.97. The van der Waals surface area contributed by atoms with Crippen LogP contribution in [0.2, 0.25) is 0 Å². The van der Waals surface area contributed by atoms with Crippen molar-refractivity contribution in [1.29, 1.82) is 0 Å². The zero-order valence-corrected chi connectivity index (χ0v) is 11.1. The minimum atomic E-state index is 0.478. The van der Waals surface area contributed by atoms with Gasteiger partial charge in [0.1, 0.15) is 5.75 Å². The van der Waals surface area contributed by atoms with Crippen LogP contribution in [0.4, 0.5) is 5.95 Å². The molecule has 0 saturated carbocycles. The number of hydrogen-bond acceptors (Lipinski definition) is 3.